The number of hydrogen-bond donors (Lipinski definition) is 2. The van der Waals surface area contributed by atoms with Crippen LogP contribution in [0.1, 0.15) is 16.8 Å². The molecule has 3 aromatic rings. The molecule has 0 atom stereocenters. The quantitative estimate of drug-likeness (QED) is 0.743. The first kappa shape index (κ1) is 13.6. The van der Waals surface area contributed by atoms with Crippen molar-refractivity contribution < 1.29 is 4.74 Å². The maximum absolute atomic E-state index is 6.04. The number of aromatic amines is 1. The summed E-state index contributed by atoms with van der Waals surface area (Å²) in [5, 5.41) is 5.51. The van der Waals surface area contributed by atoms with Crippen LogP contribution in [0.15, 0.2) is 42.5 Å². The molecule has 0 amide bonds. The molecule has 0 radical (unpaired) electrons. The van der Waals surface area contributed by atoms with E-state index in [1.165, 1.54) is 16.5 Å². The molecule has 0 spiro atoms. The number of ether oxygens (including phenoxy) is 1. The zero-order valence-corrected chi connectivity index (χ0v) is 12.7. The largest absolute Gasteiger partial charge is 0.488 e. The number of H-pyrrole nitrogens is 1. The van der Waals surface area contributed by atoms with Crippen molar-refractivity contribution in [1.29, 1.82) is 0 Å². The van der Waals surface area contributed by atoms with Crippen molar-refractivity contribution in [2.75, 3.05) is 12.4 Å². The highest BCUT2D eigenvalue weighted by molar-refractivity contribution is 5.99. The van der Waals surface area contributed by atoms with Gasteiger partial charge in [0.2, 0.25) is 0 Å². The van der Waals surface area contributed by atoms with Gasteiger partial charge in [-0.05, 0) is 25.5 Å². The molecule has 1 heterocycles. The zero-order chi connectivity index (χ0) is 14.8. The lowest BCUT2D eigenvalue weighted by molar-refractivity contribution is 0.310. The van der Waals surface area contributed by atoms with E-state index in [1.54, 1.807) is 0 Å². The van der Waals surface area contributed by atoms with E-state index in [4.69, 9.17) is 4.74 Å². The molecule has 3 heteroatoms. The van der Waals surface area contributed by atoms with Gasteiger partial charge in [-0.3, -0.25) is 0 Å². The Morgan fingerprint density at radius 3 is 2.52 bits per heavy atom. The molecule has 0 aliphatic carbocycles. The standard InChI is InChI=1S/C18H20N2O/c1-12-7-9-14(10-8-12)11-21-16-6-4-5-15-13(2)20-18(19-3)17(15)16/h4-10,19-20H,11H2,1-3H3. The first-order chi connectivity index (χ1) is 10.2. The van der Waals surface area contributed by atoms with Gasteiger partial charge in [0, 0.05) is 18.1 Å². The predicted molar refractivity (Wildman–Crippen MR) is 88.1 cm³/mol. The number of aryl methyl sites for hydroxylation is 2. The third kappa shape index (κ3) is 2.59. The molecule has 2 N–H and O–H groups in total. The normalized spacial score (nSPS) is 10.8. The van der Waals surface area contributed by atoms with E-state index in [-0.39, 0.29) is 0 Å². The van der Waals surface area contributed by atoms with Gasteiger partial charge in [-0.15, -0.1) is 0 Å². The number of benzene rings is 2. The molecule has 21 heavy (non-hydrogen) atoms. The Morgan fingerprint density at radius 2 is 1.81 bits per heavy atom. The van der Waals surface area contributed by atoms with Crippen LogP contribution in [-0.2, 0) is 6.61 Å². The van der Waals surface area contributed by atoms with E-state index in [2.05, 4.69) is 54.5 Å². The second-order valence-electron chi connectivity index (χ2n) is 5.33. The Kier molecular flexibility index (Phi) is 3.57. The van der Waals surface area contributed by atoms with Gasteiger partial charge in [-0.2, -0.15) is 0 Å². The maximum atomic E-state index is 6.04. The number of fused-ring (bicyclic) bond motifs is 1. The van der Waals surface area contributed by atoms with Gasteiger partial charge < -0.3 is 15.0 Å². The minimum atomic E-state index is 0.576. The van der Waals surface area contributed by atoms with E-state index in [9.17, 15) is 0 Å². The smallest absolute Gasteiger partial charge is 0.131 e. The van der Waals surface area contributed by atoms with Crippen molar-refractivity contribution in [3.8, 4) is 5.75 Å². The lowest BCUT2D eigenvalue weighted by Crippen LogP contribution is -1.97. The van der Waals surface area contributed by atoms with Gasteiger partial charge in [-0.1, -0.05) is 42.0 Å². The molecule has 1 aromatic heterocycles. The highest BCUT2D eigenvalue weighted by atomic mass is 16.5. The van der Waals surface area contributed by atoms with Crippen LogP contribution >= 0.6 is 0 Å². The summed E-state index contributed by atoms with van der Waals surface area (Å²) < 4.78 is 6.04. The molecule has 108 valence electrons. The van der Waals surface area contributed by atoms with Crippen LogP contribution in [0.2, 0.25) is 0 Å². The summed E-state index contributed by atoms with van der Waals surface area (Å²) in [5.41, 5.74) is 3.59. The van der Waals surface area contributed by atoms with Gasteiger partial charge in [0.25, 0.3) is 0 Å². The van der Waals surface area contributed by atoms with Crippen LogP contribution in [0.4, 0.5) is 5.82 Å². The predicted octanol–water partition coefficient (Wildman–Crippen LogP) is 4.41. The monoisotopic (exact) mass is 280 g/mol. The summed E-state index contributed by atoms with van der Waals surface area (Å²) in [7, 11) is 1.92. The van der Waals surface area contributed by atoms with Crippen LogP contribution in [0, 0.1) is 13.8 Å². The fraction of sp³-hybridized carbons (Fsp3) is 0.222. The average Bonchev–Trinajstić information content (AvgIpc) is 2.84. The van der Waals surface area contributed by atoms with Gasteiger partial charge in [0.1, 0.15) is 18.2 Å². The first-order valence-corrected chi connectivity index (χ1v) is 7.16. The van der Waals surface area contributed by atoms with Crippen molar-refractivity contribution in [1.82, 2.24) is 4.98 Å². The summed E-state index contributed by atoms with van der Waals surface area (Å²) in [6, 6.07) is 14.6. The summed E-state index contributed by atoms with van der Waals surface area (Å²) >= 11 is 0. The summed E-state index contributed by atoms with van der Waals surface area (Å²) in [6.45, 7) is 4.74. The first-order valence-electron chi connectivity index (χ1n) is 7.16. The molecular weight excluding hydrogens is 260 g/mol. The van der Waals surface area contributed by atoms with E-state index in [1.807, 2.05) is 19.2 Å². The van der Waals surface area contributed by atoms with Crippen LogP contribution in [0.3, 0.4) is 0 Å². The highest BCUT2D eigenvalue weighted by Crippen LogP contribution is 2.34. The fourth-order valence-corrected chi connectivity index (χ4v) is 2.57. The Balaban J connectivity index is 1.91. The molecule has 3 rings (SSSR count). The Morgan fingerprint density at radius 1 is 1.05 bits per heavy atom. The molecule has 0 saturated carbocycles. The molecule has 2 aromatic carbocycles. The van der Waals surface area contributed by atoms with Gasteiger partial charge >= 0.3 is 0 Å². The Labute approximate surface area is 125 Å². The maximum Gasteiger partial charge on any atom is 0.131 e. The fourth-order valence-electron chi connectivity index (χ4n) is 2.57. The number of hydrogen-bond acceptors (Lipinski definition) is 2. The topological polar surface area (TPSA) is 37.0 Å². The van der Waals surface area contributed by atoms with E-state index < -0.39 is 0 Å². The van der Waals surface area contributed by atoms with Crippen molar-refractivity contribution in [3.05, 3.63) is 59.3 Å². The second-order valence-corrected chi connectivity index (χ2v) is 5.33. The summed E-state index contributed by atoms with van der Waals surface area (Å²) in [6.07, 6.45) is 0. The van der Waals surface area contributed by atoms with Crippen LogP contribution in [0.25, 0.3) is 10.8 Å². The Hall–Kier alpha value is -2.42. The van der Waals surface area contributed by atoms with E-state index in [0.717, 1.165) is 22.6 Å². The molecule has 0 fully saturated rings. The summed E-state index contributed by atoms with van der Waals surface area (Å²) in [5.74, 6) is 1.91. The van der Waals surface area contributed by atoms with Crippen molar-refractivity contribution in [3.63, 3.8) is 0 Å². The average molecular weight is 280 g/mol. The zero-order valence-electron chi connectivity index (χ0n) is 12.7. The van der Waals surface area contributed by atoms with Gasteiger partial charge in [0.15, 0.2) is 0 Å². The third-order valence-electron chi connectivity index (χ3n) is 3.76. The van der Waals surface area contributed by atoms with Crippen molar-refractivity contribution in [2.24, 2.45) is 0 Å². The second kappa shape index (κ2) is 5.52. The molecular formula is C18H20N2O. The van der Waals surface area contributed by atoms with Crippen molar-refractivity contribution >= 4 is 16.6 Å². The molecule has 0 bridgehead atoms. The third-order valence-corrected chi connectivity index (χ3v) is 3.76. The molecule has 3 nitrogen and oxygen atoms in total. The molecule has 0 aliphatic rings. The molecule has 0 aliphatic heterocycles. The van der Waals surface area contributed by atoms with Crippen LogP contribution in [-0.4, -0.2) is 12.0 Å². The minimum Gasteiger partial charge on any atom is -0.488 e. The van der Waals surface area contributed by atoms with Gasteiger partial charge in [-0.25, -0.2) is 0 Å². The lowest BCUT2D eigenvalue weighted by Gasteiger charge is -2.09. The van der Waals surface area contributed by atoms with Crippen LogP contribution < -0.4 is 10.1 Å². The lowest BCUT2D eigenvalue weighted by atomic mass is 10.1. The number of rotatable bonds is 4. The van der Waals surface area contributed by atoms with Crippen molar-refractivity contribution in [2.45, 2.75) is 20.5 Å². The molecule has 0 saturated heterocycles. The summed E-state index contributed by atoms with van der Waals surface area (Å²) in [4.78, 5) is 3.36. The number of nitrogens with one attached hydrogen (secondary N) is 2. The van der Waals surface area contributed by atoms with E-state index in [0.29, 0.717) is 6.61 Å². The molecule has 0 unspecified atom stereocenters. The minimum absolute atomic E-state index is 0.576. The number of anilines is 1. The van der Waals surface area contributed by atoms with Gasteiger partial charge in [0.05, 0.1) is 5.39 Å². The number of aromatic nitrogens is 1. The Bertz CT molecular complexity index is 757. The highest BCUT2D eigenvalue weighted by Gasteiger charge is 2.11. The van der Waals surface area contributed by atoms with Crippen LogP contribution in [0.5, 0.6) is 5.75 Å². The van der Waals surface area contributed by atoms with E-state index >= 15 is 0 Å². The SMILES string of the molecule is CNc1[nH]c(C)c2cccc(OCc3ccc(C)cc3)c12.